The van der Waals surface area contributed by atoms with Crippen LogP contribution in [0.4, 0.5) is 0 Å². The van der Waals surface area contributed by atoms with E-state index in [0.717, 1.165) is 5.56 Å². The molecule has 2 atom stereocenters. The molecular weight excluding hydrogens is 352 g/mol. The molecule has 0 bridgehead atoms. The van der Waals surface area contributed by atoms with Gasteiger partial charge in [0.15, 0.2) is 0 Å². The number of hydrogen-bond acceptors (Lipinski definition) is 6. The minimum Gasteiger partial charge on any atom is -0.497 e. The first-order valence-electron chi connectivity index (χ1n) is 8.63. The van der Waals surface area contributed by atoms with Crippen LogP contribution in [-0.2, 0) is 4.79 Å². The van der Waals surface area contributed by atoms with E-state index >= 15 is 0 Å². The van der Waals surface area contributed by atoms with Crippen molar-refractivity contribution in [2.45, 2.75) is 19.8 Å². The summed E-state index contributed by atoms with van der Waals surface area (Å²) in [7, 11) is 1.56. The van der Waals surface area contributed by atoms with Gasteiger partial charge in [-0.3, -0.25) is 9.59 Å². The lowest BCUT2D eigenvalue weighted by Gasteiger charge is -2.35. The molecule has 3 heterocycles. The smallest absolute Gasteiger partial charge is 0.315 e. The van der Waals surface area contributed by atoms with E-state index in [-0.39, 0.29) is 31.5 Å². The summed E-state index contributed by atoms with van der Waals surface area (Å²) in [6.07, 6.45) is 0. The molecule has 0 saturated carbocycles. The quantitative estimate of drug-likeness (QED) is 0.879. The Morgan fingerprint density at radius 3 is 2.78 bits per heavy atom. The second-order valence-electron chi connectivity index (χ2n) is 7.09. The summed E-state index contributed by atoms with van der Waals surface area (Å²) >= 11 is 0. The number of carbonyl (C=O) groups is 2. The minimum absolute atomic E-state index is 0.00144. The van der Waals surface area contributed by atoms with Gasteiger partial charge in [0.1, 0.15) is 34.8 Å². The molecule has 0 aliphatic carbocycles. The van der Waals surface area contributed by atoms with E-state index in [0.29, 0.717) is 28.5 Å². The van der Waals surface area contributed by atoms with Crippen LogP contribution in [0.3, 0.4) is 0 Å². The van der Waals surface area contributed by atoms with Crippen molar-refractivity contribution in [3.63, 3.8) is 0 Å². The highest BCUT2D eigenvalue weighted by Gasteiger charge is 2.57. The molecule has 2 aromatic rings. The summed E-state index contributed by atoms with van der Waals surface area (Å²) in [5, 5.41) is 13.8. The number of carbonyl (C=O) groups excluding carboxylic acids is 1. The average Bonchev–Trinajstić information content (AvgIpc) is 3.22. The molecule has 142 valence electrons. The fourth-order valence-electron chi connectivity index (χ4n) is 4.09. The van der Waals surface area contributed by atoms with Crippen molar-refractivity contribution in [3.8, 4) is 11.5 Å². The number of hydrogen-bond donors (Lipinski definition) is 1. The molecule has 1 aromatic carbocycles. The van der Waals surface area contributed by atoms with Gasteiger partial charge < -0.3 is 24.0 Å². The van der Waals surface area contributed by atoms with Gasteiger partial charge in [0, 0.05) is 30.6 Å². The number of methoxy groups -OCH3 is 1. The molecule has 1 fully saturated rings. The molecule has 1 saturated heterocycles. The molecular formula is C19H20N2O6. The minimum atomic E-state index is -1.18. The lowest BCUT2D eigenvalue weighted by Crippen LogP contribution is -2.46. The number of likely N-dealkylation sites (tertiary alicyclic amines) is 1. The van der Waals surface area contributed by atoms with E-state index in [2.05, 4.69) is 5.16 Å². The summed E-state index contributed by atoms with van der Waals surface area (Å²) in [6, 6.07) is 5.35. The van der Waals surface area contributed by atoms with Crippen LogP contribution in [0.25, 0.3) is 0 Å². The van der Waals surface area contributed by atoms with Gasteiger partial charge in [-0.15, -0.1) is 0 Å². The van der Waals surface area contributed by atoms with Crippen LogP contribution in [0.15, 0.2) is 22.7 Å². The van der Waals surface area contributed by atoms with Crippen molar-refractivity contribution in [1.29, 1.82) is 0 Å². The molecule has 1 aromatic heterocycles. The van der Waals surface area contributed by atoms with Gasteiger partial charge in [-0.25, -0.2) is 0 Å². The Morgan fingerprint density at radius 1 is 1.37 bits per heavy atom. The number of aryl methyl sites for hydroxylation is 2. The number of amides is 1. The average molecular weight is 372 g/mol. The molecule has 1 amide bonds. The maximum atomic E-state index is 13.0. The molecule has 8 heteroatoms. The lowest BCUT2D eigenvalue weighted by molar-refractivity contribution is -0.151. The molecule has 4 rings (SSSR count). The number of rotatable bonds is 3. The van der Waals surface area contributed by atoms with E-state index in [1.807, 2.05) is 6.07 Å². The first-order valence-corrected chi connectivity index (χ1v) is 8.63. The van der Waals surface area contributed by atoms with Crippen molar-refractivity contribution < 1.29 is 28.7 Å². The van der Waals surface area contributed by atoms with Crippen LogP contribution < -0.4 is 9.47 Å². The number of carboxylic acid groups (broad SMARTS) is 1. The first kappa shape index (κ1) is 17.4. The monoisotopic (exact) mass is 372 g/mol. The Kier molecular flexibility index (Phi) is 3.87. The molecule has 2 aliphatic heterocycles. The maximum Gasteiger partial charge on any atom is 0.315 e. The van der Waals surface area contributed by atoms with Gasteiger partial charge >= 0.3 is 5.97 Å². The lowest BCUT2D eigenvalue weighted by atomic mass is 9.73. The van der Waals surface area contributed by atoms with Gasteiger partial charge in [0.2, 0.25) is 0 Å². The van der Waals surface area contributed by atoms with Gasteiger partial charge in [-0.1, -0.05) is 11.2 Å². The van der Waals surface area contributed by atoms with E-state index in [1.54, 1.807) is 38.0 Å². The van der Waals surface area contributed by atoms with Gasteiger partial charge in [0.05, 0.1) is 12.8 Å². The number of aromatic nitrogens is 1. The summed E-state index contributed by atoms with van der Waals surface area (Å²) in [4.78, 5) is 26.8. The highest BCUT2D eigenvalue weighted by atomic mass is 16.5. The Hall–Kier alpha value is -3.03. The molecule has 8 nitrogen and oxygen atoms in total. The second-order valence-corrected chi connectivity index (χ2v) is 7.09. The summed E-state index contributed by atoms with van der Waals surface area (Å²) in [5.74, 6) is 0.0627. The van der Waals surface area contributed by atoms with Crippen molar-refractivity contribution in [3.05, 3.63) is 40.8 Å². The molecule has 1 N–H and O–H groups in total. The Morgan fingerprint density at radius 2 is 2.15 bits per heavy atom. The van der Waals surface area contributed by atoms with E-state index in [1.165, 1.54) is 0 Å². The van der Waals surface area contributed by atoms with Crippen LogP contribution in [0, 0.1) is 19.3 Å². The Labute approximate surface area is 155 Å². The van der Waals surface area contributed by atoms with Gasteiger partial charge in [-0.05, 0) is 19.9 Å². The first-order chi connectivity index (χ1) is 12.9. The number of carboxylic acids is 1. The maximum absolute atomic E-state index is 13.0. The number of fused-ring (bicyclic) bond motifs is 3. The van der Waals surface area contributed by atoms with Crippen LogP contribution >= 0.6 is 0 Å². The molecule has 2 aliphatic rings. The van der Waals surface area contributed by atoms with Crippen molar-refractivity contribution in [2.24, 2.45) is 5.41 Å². The van der Waals surface area contributed by atoms with Crippen molar-refractivity contribution >= 4 is 11.9 Å². The van der Waals surface area contributed by atoms with Crippen LogP contribution in [0.2, 0.25) is 0 Å². The van der Waals surface area contributed by atoms with Crippen molar-refractivity contribution in [1.82, 2.24) is 10.1 Å². The van der Waals surface area contributed by atoms with Crippen LogP contribution in [-0.4, -0.2) is 53.8 Å². The fourth-order valence-corrected chi connectivity index (χ4v) is 4.09. The molecule has 27 heavy (non-hydrogen) atoms. The standard InChI is InChI=1S/C19H20N2O6/c1-10-16(11(2)27-20-10)17(22)21-7-14-13-5-4-12(25-3)6-15(13)26-9-19(14,8-21)18(23)24/h4-6,14H,7-9H2,1-3H3,(H,23,24)/t14-,19-/m0/s1. The number of benzene rings is 1. The predicted molar refractivity (Wildman–Crippen MR) is 93.2 cm³/mol. The number of nitrogens with zero attached hydrogens (tertiary/aromatic N) is 2. The molecule has 0 unspecified atom stereocenters. The van der Waals surface area contributed by atoms with Gasteiger partial charge in [0.25, 0.3) is 5.91 Å². The topological polar surface area (TPSA) is 102 Å². The molecule has 0 radical (unpaired) electrons. The summed E-state index contributed by atoms with van der Waals surface area (Å²) < 4.78 is 16.1. The Balaban J connectivity index is 1.73. The highest BCUT2D eigenvalue weighted by Crippen LogP contribution is 2.50. The zero-order valence-electron chi connectivity index (χ0n) is 15.3. The van der Waals surface area contributed by atoms with Crippen LogP contribution in [0.1, 0.15) is 33.3 Å². The van der Waals surface area contributed by atoms with E-state index in [9.17, 15) is 14.7 Å². The summed E-state index contributed by atoms with van der Waals surface area (Å²) in [5.41, 5.74) is 0.484. The van der Waals surface area contributed by atoms with Crippen molar-refractivity contribution in [2.75, 3.05) is 26.8 Å². The third kappa shape index (κ3) is 2.47. The van der Waals surface area contributed by atoms with Crippen LogP contribution in [0.5, 0.6) is 11.5 Å². The van der Waals surface area contributed by atoms with Gasteiger partial charge in [-0.2, -0.15) is 0 Å². The molecule has 0 spiro atoms. The normalized spacial score (nSPS) is 23.4. The van der Waals surface area contributed by atoms with E-state index < -0.39 is 11.4 Å². The van der Waals surface area contributed by atoms with E-state index in [4.69, 9.17) is 14.0 Å². The number of aliphatic carboxylic acids is 1. The second kappa shape index (κ2) is 6.00. The third-order valence-corrected chi connectivity index (χ3v) is 5.58. The zero-order valence-corrected chi connectivity index (χ0v) is 15.3. The summed E-state index contributed by atoms with van der Waals surface area (Å²) in [6.45, 7) is 3.73. The Bertz CT molecular complexity index is 917. The number of ether oxygens (including phenoxy) is 2. The SMILES string of the molecule is COc1ccc2c(c1)OC[C@@]1(C(=O)O)CN(C(=O)c3c(C)noc3C)C[C@@H]21. The highest BCUT2D eigenvalue weighted by molar-refractivity contribution is 5.97. The fraction of sp³-hybridized carbons (Fsp3) is 0.421. The largest absolute Gasteiger partial charge is 0.497 e. The third-order valence-electron chi connectivity index (χ3n) is 5.58. The zero-order chi connectivity index (χ0) is 19.3. The predicted octanol–water partition coefficient (Wildman–Crippen LogP) is 2.00.